The average Bonchev–Trinajstić information content (AvgIpc) is 2.67. The maximum atomic E-state index is 13.8. The SMILES string of the molecule is NC(=S)c1cc(F)c(NCC2CCCS2(=O)=O)c(F)c1. The fourth-order valence-corrected chi connectivity index (χ4v) is 4.07. The van der Waals surface area contributed by atoms with Crippen LogP contribution in [0.3, 0.4) is 0 Å². The Kier molecular flexibility index (Phi) is 4.24. The molecule has 3 N–H and O–H groups in total. The maximum Gasteiger partial charge on any atom is 0.154 e. The number of benzene rings is 1. The number of anilines is 1. The second kappa shape index (κ2) is 5.61. The zero-order valence-corrected chi connectivity index (χ0v) is 12.2. The number of thiocarbonyl (C=S) groups is 1. The monoisotopic (exact) mass is 320 g/mol. The van der Waals surface area contributed by atoms with Crippen LogP contribution in [0.1, 0.15) is 18.4 Å². The first-order valence-electron chi connectivity index (χ1n) is 6.05. The third-order valence-corrected chi connectivity index (χ3v) is 5.81. The molecule has 0 spiro atoms. The molecular weight excluding hydrogens is 306 g/mol. The van der Waals surface area contributed by atoms with Crippen molar-refractivity contribution in [1.82, 2.24) is 0 Å². The zero-order valence-electron chi connectivity index (χ0n) is 10.5. The second-order valence-corrected chi connectivity index (χ2v) is 7.53. The summed E-state index contributed by atoms with van der Waals surface area (Å²) in [5, 5.41) is 1.93. The number of nitrogens with one attached hydrogen (secondary N) is 1. The summed E-state index contributed by atoms with van der Waals surface area (Å²) < 4.78 is 50.8. The normalized spacial score (nSPS) is 20.8. The highest BCUT2D eigenvalue weighted by atomic mass is 32.2. The van der Waals surface area contributed by atoms with Gasteiger partial charge in [-0.3, -0.25) is 0 Å². The topological polar surface area (TPSA) is 72.2 Å². The van der Waals surface area contributed by atoms with E-state index in [2.05, 4.69) is 17.5 Å². The molecule has 1 heterocycles. The van der Waals surface area contributed by atoms with Crippen LogP contribution in [-0.4, -0.2) is 31.0 Å². The van der Waals surface area contributed by atoms with Gasteiger partial charge in [-0.1, -0.05) is 12.2 Å². The minimum atomic E-state index is -3.15. The van der Waals surface area contributed by atoms with Gasteiger partial charge in [-0.25, -0.2) is 17.2 Å². The van der Waals surface area contributed by atoms with E-state index in [0.29, 0.717) is 12.8 Å². The number of hydrogen-bond acceptors (Lipinski definition) is 4. The summed E-state index contributed by atoms with van der Waals surface area (Å²) in [6.07, 6.45) is 1.09. The van der Waals surface area contributed by atoms with Crippen molar-refractivity contribution < 1.29 is 17.2 Å². The fourth-order valence-electron chi connectivity index (χ4n) is 2.19. The molecule has 1 aromatic rings. The van der Waals surface area contributed by atoms with Gasteiger partial charge in [-0.05, 0) is 25.0 Å². The van der Waals surface area contributed by atoms with Gasteiger partial charge in [0, 0.05) is 12.1 Å². The van der Waals surface area contributed by atoms with Crippen molar-refractivity contribution in [3.63, 3.8) is 0 Å². The van der Waals surface area contributed by atoms with E-state index in [1.807, 2.05) is 0 Å². The van der Waals surface area contributed by atoms with Crippen LogP contribution in [0.5, 0.6) is 0 Å². The van der Waals surface area contributed by atoms with E-state index in [-0.39, 0.29) is 28.5 Å². The molecular formula is C12H14F2N2O2S2. The minimum absolute atomic E-state index is 0.0113. The molecule has 2 rings (SSSR count). The van der Waals surface area contributed by atoms with E-state index in [4.69, 9.17) is 5.73 Å². The lowest BCUT2D eigenvalue weighted by Gasteiger charge is -2.14. The van der Waals surface area contributed by atoms with E-state index >= 15 is 0 Å². The van der Waals surface area contributed by atoms with Gasteiger partial charge in [0.25, 0.3) is 0 Å². The predicted octanol–water partition coefficient (Wildman–Crippen LogP) is 1.59. The van der Waals surface area contributed by atoms with Gasteiger partial charge in [0.1, 0.15) is 22.3 Å². The molecule has 1 aromatic carbocycles. The largest absolute Gasteiger partial charge is 0.389 e. The van der Waals surface area contributed by atoms with Crippen LogP contribution >= 0.6 is 12.2 Å². The molecule has 20 heavy (non-hydrogen) atoms. The van der Waals surface area contributed by atoms with E-state index < -0.39 is 26.7 Å². The molecule has 0 aliphatic carbocycles. The van der Waals surface area contributed by atoms with E-state index in [9.17, 15) is 17.2 Å². The van der Waals surface area contributed by atoms with Crippen molar-refractivity contribution in [1.29, 1.82) is 0 Å². The number of nitrogens with two attached hydrogens (primary N) is 1. The second-order valence-electron chi connectivity index (χ2n) is 4.69. The summed E-state index contributed by atoms with van der Waals surface area (Å²) >= 11 is 4.65. The lowest BCUT2D eigenvalue weighted by molar-refractivity contribution is 0.581. The van der Waals surface area contributed by atoms with Crippen LogP contribution in [0.15, 0.2) is 12.1 Å². The quantitative estimate of drug-likeness (QED) is 0.824. The molecule has 4 nitrogen and oxygen atoms in total. The number of halogens is 2. The molecule has 0 aromatic heterocycles. The van der Waals surface area contributed by atoms with Crippen molar-refractivity contribution in [2.75, 3.05) is 17.6 Å². The first-order valence-corrected chi connectivity index (χ1v) is 8.18. The van der Waals surface area contributed by atoms with Crippen LogP contribution in [0.4, 0.5) is 14.5 Å². The van der Waals surface area contributed by atoms with E-state index in [0.717, 1.165) is 12.1 Å². The molecule has 0 saturated carbocycles. The van der Waals surface area contributed by atoms with Crippen molar-refractivity contribution >= 4 is 32.7 Å². The van der Waals surface area contributed by atoms with Gasteiger partial charge in [0.05, 0.1) is 11.0 Å². The van der Waals surface area contributed by atoms with Gasteiger partial charge >= 0.3 is 0 Å². The molecule has 1 saturated heterocycles. The summed E-state index contributed by atoms with van der Waals surface area (Å²) in [4.78, 5) is -0.104. The van der Waals surface area contributed by atoms with Crippen molar-refractivity contribution in [3.05, 3.63) is 29.3 Å². The van der Waals surface area contributed by atoms with Crippen LogP contribution in [0.2, 0.25) is 0 Å². The first-order chi connectivity index (χ1) is 9.31. The predicted molar refractivity (Wildman–Crippen MR) is 77.5 cm³/mol. The van der Waals surface area contributed by atoms with Crippen molar-refractivity contribution in [2.24, 2.45) is 5.73 Å². The molecule has 0 bridgehead atoms. The highest BCUT2D eigenvalue weighted by Gasteiger charge is 2.31. The number of rotatable bonds is 4. The molecule has 110 valence electrons. The lowest BCUT2D eigenvalue weighted by Crippen LogP contribution is -2.25. The first kappa shape index (κ1) is 15.1. The van der Waals surface area contributed by atoms with Crippen molar-refractivity contribution in [3.8, 4) is 0 Å². The number of hydrogen-bond donors (Lipinski definition) is 2. The molecule has 0 amide bonds. The zero-order chi connectivity index (χ0) is 14.9. The highest BCUT2D eigenvalue weighted by molar-refractivity contribution is 7.92. The Balaban J connectivity index is 2.16. The Hall–Kier alpha value is -1.28. The summed E-state index contributed by atoms with van der Waals surface area (Å²) in [6.45, 7) is -0.0113. The molecule has 1 fully saturated rings. The smallest absolute Gasteiger partial charge is 0.154 e. The number of sulfone groups is 1. The molecule has 1 atom stereocenters. The van der Waals surface area contributed by atoms with Gasteiger partial charge in [0.15, 0.2) is 9.84 Å². The highest BCUT2D eigenvalue weighted by Crippen LogP contribution is 2.24. The van der Waals surface area contributed by atoms with Crippen molar-refractivity contribution in [2.45, 2.75) is 18.1 Å². The molecule has 0 radical (unpaired) electrons. The summed E-state index contributed by atoms with van der Waals surface area (Å²) in [6, 6.07) is 2.05. The van der Waals surface area contributed by atoms with Crippen LogP contribution in [0, 0.1) is 11.6 Å². The van der Waals surface area contributed by atoms with Crippen LogP contribution in [-0.2, 0) is 9.84 Å². The molecule has 1 aliphatic rings. The Morgan fingerprint density at radius 1 is 1.40 bits per heavy atom. The third-order valence-electron chi connectivity index (χ3n) is 3.30. The molecule has 1 unspecified atom stereocenters. The summed E-state index contributed by atoms with van der Waals surface area (Å²) in [7, 11) is -3.15. The Morgan fingerprint density at radius 2 is 2.00 bits per heavy atom. The Labute approximate surface area is 121 Å². The maximum absolute atomic E-state index is 13.8. The van der Waals surface area contributed by atoms with Gasteiger partial charge in [0.2, 0.25) is 0 Å². The molecule has 8 heteroatoms. The van der Waals surface area contributed by atoms with Gasteiger partial charge in [-0.2, -0.15) is 0 Å². The fraction of sp³-hybridized carbons (Fsp3) is 0.417. The summed E-state index contributed by atoms with van der Waals surface area (Å²) in [5.41, 5.74) is 5.05. The van der Waals surface area contributed by atoms with E-state index in [1.54, 1.807) is 0 Å². The average molecular weight is 320 g/mol. The van der Waals surface area contributed by atoms with E-state index in [1.165, 1.54) is 0 Å². The Morgan fingerprint density at radius 3 is 2.45 bits per heavy atom. The van der Waals surface area contributed by atoms with Crippen LogP contribution in [0.25, 0.3) is 0 Å². The molecule has 1 aliphatic heterocycles. The van der Waals surface area contributed by atoms with Gasteiger partial charge < -0.3 is 11.1 Å². The standard InChI is InChI=1S/C12H14F2N2O2S2/c13-9-4-7(12(15)19)5-10(14)11(9)16-6-8-2-1-3-20(8,17)18/h4-5,8,16H,1-3,6H2,(H2,15,19). The van der Waals surface area contributed by atoms with Gasteiger partial charge in [-0.15, -0.1) is 0 Å². The minimum Gasteiger partial charge on any atom is -0.389 e. The van der Waals surface area contributed by atoms with Crippen LogP contribution < -0.4 is 11.1 Å². The Bertz CT molecular complexity index is 624. The third kappa shape index (κ3) is 3.06. The summed E-state index contributed by atoms with van der Waals surface area (Å²) in [5.74, 6) is -1.56. The lowest BCUT2D eigenvalue weighted by atomic mass is 10.1.